The lowest BCUT2D eigenvalue weighted by atomic mass is 10.1. The van der Waals surface area contributed by atoms with Crippen LogP contribution in [0.4, 0.5) is 0 Å². The minimum atomic E-state index is -3.54. The topological polar surface area (TPSA) is 57.7 Å². The summed E-state index contributed by atoms with van der Waals surface area (Å²) in [5, 5.41) is 0. The van der Waals surface area contributed by atoms with Crippen LogP contribution in [0.3, 0.4) is 0 Å². The van der Waals surface area contributed by atoms with Crippen LogP contribution in [0.15, 0.2) is 29.2 Å². The van der Waals surface area contributed by atoms with Gasteiger partial charge in [-0.3, -0.25) is 4.79 Å². The zero-order valence-electron chi connectivity index (χ0n) is 14.5. The molecule has 0 heterocycles. The Kier molecular flexibility index (Phi) is 5.16. The van der Waals surface area contributed by atoms with Crippen LogP contribution in [0.2, 0.25) is 0 Å². The van der Waals surface area contributed by atoms with Gasteiger partial charge in [0.2, 0.25) is 10.0 Å². The molecule has 0 saturated heterocycles. The average molecular weight is 338 g/mol. The van der Waals surface area contributed by atoms with E-state index in [0.29, 0.717) is 5.56 Å². The normalized spacial score (nSPS) is 16.7. The summed E-state index contributed by atoms with van der Waals surface area (Å²) in [6, 6.07) is 6.31. The minimum absolute atomic E-state index is 0.0458. The van der Waals surface area contributed by atoms with Gasteiger partial charge in [0, 0.05) is 31.7 Å². The molecule has 0 aliphatic heterocycles. The van der Waals surface area contributed by atoms with Gasteiger partial charge in [0.15, 0.2) is 0 Å². The number of carbonyl (C=O) groups excluding carboxylic acids is 1. The summed E-state index contributed by atoms with van der Waals surface area (Å²) in [5.41, 5.74) is 0.490. The number of carbonyl (C=O) groups is 1. The van der Waals surface area contributed by atoms with Crippen molar-refractivity contribution in [3.05, 3.63) is 29.8 Å². The standard InChI is InChI=1S/C17H26N2O3S/c1-12(2)13(3)19(15-8-9-15)23(21,22)16-10-6-14(7-11-16)17(20)18(4)5/h6-7,10-13,15H,8-9H2,1-5H3. The first-order chi connectivity index (χ1) is 10.7. The molecule has 128 valence electrons. The summed E-state index contributed by atoms with van der Waals surface area (Å²) in [4.78, 5) is 13.7. The van der Waals surface area contributed by atoms with Gasteiger partial charge in [-0.2, -0.15) is 4.31 Å². The smallest absolute Gasteiger partial charge is 0.253 e. The van der Waals surface area contributed by atoms with Gasteiger partial charge in [-0.1, -0.05) is 13.8 Å². The van der Waals surface area contributed by atoms with Crippen LogP contribution in [0.1, 0.15) is 44.0 Å². The minimum Gasteiger partial charge on any atom is -0.345 e. The Hall–Kier alpha value is -1.40. The zero-order chi connectivity index (χ0) is 17.4. The van der Waals surface area contributed by atoms with Crippen molar-refractivity contribution in [3.8, 4) is 0 Å². The third-order valence-electron chi connectivity index (χ3n) is 4.36. The van der Waals surface area contributed by atoms with Gasteiger partial charge in [0.05, 0.1) is 4.90 Å². The highest BCUT2D eigenvalue weighted by atomic mass is 32.2. The van der Waals surface area contributed by atoms with Crippen molar-refractivity contribution in [2.45, 2.75) is 50.6 Å². The van der Waals surface area contributed by atoms with E-state index >= 15 is 0 Å². The number of amides is 1. The van der Waals surface area contributed by atoms with Crippen molar-refractivity contribution >= 4 is 15.9 Å². The maximum Gasteiger partial charge on any atom is 0.253 e. The lowest BCUT2D eigenvalue weighted by molar-refractivity contribution is 0.0827. The third kappa shape index (κ3) is 3.75. The molecule has 0 bridgehead atoms. The largest absolute Gasteiger partial charge is 0.345 e. The molecule has 0 radical (unpaired) electrons. The summed E-state index contributed by atoms with van der Waals surface area (Å²) < 4.78 is 27.7. The first-order valence-electron chi connectivity index (χ1n) is 8.01. The maximum absolute atomic E-state index is 13.0. The Balaban J connectivity index is 2.33. The third-order valence-corrected chi connectivity index (χ3v) is 6.41. The average Bonchev–Trinajstić information content (AvgIpc) is 3.30. The molecule has 0 spiro atoms. The molecule has 6 heteroatoms. The van der Waals surface area contributed by atoms with Gasteiger partial charge in [-0.15, -0.1) is 0 Å². The van der Waals surface area contributed by atoms with Gasteiger partial charge in [0.1, 0.15) is 0 Å². The Morgan fingerprint density at radius 1 is 1.09 bits per heavy atom. The highest BCUT2D eigenvalue weighted by Gasteiger charge is 2.41. The number of rotatable bonds is 6. The summed E-state index contributed by atoms with van der Waals surface area (Å²) in [7, 11) is -0.191. The van der Waals surface area contributed by atoms with Crippen LogP contribution in [0, 0.1) is 5.92 Å². The molecular formula is C17H26N2O3S. The molecule has 1 saturated carbocycles. The van der Waals surface area contributed by atoms with Crippen LogP contribution in [0.25, 0.3) is 0 Å². The van der Waals surface area contributed by atoms with E-state index in [4.69, 9.17) is 0 Å². The summed E-state index contributed by atoms with van der Waals surface area (Å²) >= 11 is 0. The first kappa shape index (κ1) is 17.9. The molecular weight excluding hydrogens is 312 g/mol. The molecule has 5 nitrogen and oxygen atoms in total. The molecule has 1 aliphatic rings. The lowest BCUT2D eigenvalue weighted by Crippen LogP contribution is -2.43. The second-order valence-electron chi connectivity index (χ2n) is 6.77. The van der Waals surface area contributed by atoms with Crippen molar-refractivity contribution in [2.75, 3.05) is 14.1 Å². The first-order valence-corrected chi connectivity index (χ1v) is 9.45. The van der Waals surface area contributed by atoms with Gasteiger partial charge in [-0.05, 0) is 49.9 Å². The van der Waals surface area contributed by atoms with Crippen molar-refractivity contribution < 1.29 is 13.2 Å². The van der Waals surface area contributed by atoms with Crippen LogP contribution in [-0.2, 0) is 10.0 Å². The molecule has 2 rings (SSSR count). The fourth-order valence-electron chi connectivity index (χ4n) is 2.52. The predicted molar refractivity (Wildman–Crippen MR) is 90.8 cm³/mol. The van der Waals surface area contributed by atoms with Crippen LogP contribution >= 0.6 is 0 Å². The van der Waals surface area contributed by atoms with Crippen molar-refractivity contribution in [1.82, 2.24) is 9.21 Å². The van der Waals surface area contributed by atoms with E-state index in [1.807, 2.05) is 20.8 Å². The SMILES string of the molecule is CC(C)C(C)N(C1CC1)S(=O)(=O)c1ccc(C(=O)N(C)C)cc1. The van der Waals surface area contributed by atoms with E-state index in [1.54, 1.807) is 30.5 Å². The Morgan fingerprint density at radius 2 is 1.61 bits per heavy atom. The van der Waals surface area contributed by atoms with Crippen molar-refractivity contribution in [2.24, 2.45) is 5.92 Å². The van der Waals surface area contributed by atoms with Crippen LogP contribution < -0.4 is 0 Å². The highest BCUT2D eigenvalue weighted by molar-refractivity contribution is 7.89. The van der Waals surface area contributed by atoms with Crippen LogP contribution in [0.5, 0.6) is 0 Å². The molecule has 0 N–H and O–H groups in total. The molecule has 23 heavy (non-hydrogen) atoms. The Labute approximate surface area is 139 Å². The van der Waals surface area contributed by atoms with Gasteiger partial charge in [-0.25, -0.2) is 8.42 Å². The molecule has 0 aromatic heterocycles. The van der Waals surface area contributed by atoms with E-state index in [0.717, 1.165) is 12.8 Å². The zero-order valence-corrected chi connectivity index (χ0v) is 15.3. The second kappa shape index (κ2) is 6.61. The number of hydrogen-bond donors (Lipinski definition) is 0. The quantitative estimate of drug-likeness (QED) is 0.801. The monoisotopic (exact) mass is 338 g/mol. The fraction of sp³-hybridized carbons (Fsp3) is 0.588. The summed E-state index contributed by atoms with van der Waals surface area (Å²) in [6.45, 7) is 6.04. The highest BCUT2D eigenvalue weighted by Crippen LogP contribution is 2.35. The number of benzene rings is 1. The summed E-state index contributed by atoms with van der Waals surface area (Å²) in [5.74, 6) is 0.114. The van der Waals surface area contributed by atoms with Gasteiger partial charge in [0.25, 0.3) is 5.91 Å². The number of sulfonamides is 1. The Bertz CT molecular complexity index is 662. The molecule has 1 fully saturated rings. The lowest BCUT2D eigenvalue weighted by Gasteiger charge is -2.31. The van der Waals surface area contributed by atoms with Crippen molar-refractivity contribution in [3.63, 3.8) is 0 Å². The van der Waals surface area contributed by atoms with E-state index in [1.165, 1.54) is 17.0 Å². The van der Waals surface area contributed by atoms with E-state index in [9.17, 15) is 13.2 Å². The van der Waals surface area contributed by atoms with Gasteiger partial charge >= 0.3 is 0 Å². The summed E-state index contributed by atoms with van der Waals surface area (Å²) in [6.07, 6.45) is 1.85. The van der Waals surface area contributed by atoms with Crippen LogP contribution in [-0.4, -0.2) is 49.7 Å². The van der Waals surface area contributed by atoms with E-state index in [2.05, 4.69) is 0 Å². The van der Waals surface area contributed by atoms with Gasteiger partial charge < -0.3 is 4.90 Å². The Morgan fingerprint density at radius 3 is 2.00 bits per heavy atom. The van der Waals surface area contributed by atoms with E-state index < -0.39 is 10.0 Å². The molecule has 1 aromatic carbocycles. The predicted octanol–water partition coefficient (Wildman–Crippen LogP) is 2.59. The molecule has 1 aromatic rings. The maximum atomic E-state index is 13.0. The van der Waals surface area contributed by atoms with E-state index in [-0.39, 0.29) is 28.8 Å². The fourth-order valence-corrected chi connectivity index (χ4v) is 4.53. The number of hydrogen-bond acceptors (Lipinski definition) is 3. The number of nitrogens with zero attached hydrogens (tertiary/aromatic N) is 2. The molecule has 1 atom stereocenters. The molecule has 1 aliphatic carbocycles. The molecule has 1 unspecified atom stereocenters. The molecule has 1 amide bonds. The second-order valence-corrected chi connectivity index (χ2v) is 8.62. The van der Waals surface area contributed by atoms with Crippen molar-refractivity contribution in [1.29, 1.82) is 0 Å².